The van der Waals surface area contributed by atoms with Crippen molar-refractivity contribution in [2.75, 3.05) is 6.54 Å². The highest BCUT2D eigenvalue weighted by Gasteiger charge is 2.18. The van der Waals surface area contributed by atoms with Crippen molar-refractivity contribution in [1.29, 1.82) is 0 Å². The van der Waals surface area contributed by atoms with Crippen molar-refractivity contribution in [2.45, 2.75) is 19.9 Å². The first-order chi connectivity index (χ1) is 13.0. The monoisotopic (exact) mass is 366 g/mol. The summed E-state index contributed by atoms with van der Waals surface area (Å²) < 4.78 is 7.33. The summed E-state index contributed by atoms with van der Waals surface area (Å²) in [5.41, 5.74) is 6.56. The molecule has 2 N–H and O–H groups in total. The average Bonchev–Trinajstić information content (AvgIpc) is 3.31. The number of carbonyl (C=O) groups is 2. The minimum Gasteiger partial charge on any atom is -0.451 e. The summed E-state index contributed by atoms with van der Waals surface area (Å²) in [6.07, 6.45) is 4.45. The number of nitrogens with two attached hydrogens (primary N) is 1. The number of benzene rings is 1. The van der Waals surface area contributed by atoms with Crippen LogP contribution in [0.15, 0.2) is 53.2 Å². The summed E-state index contributed by atoms with van der Waals surface area (Å²) in [5.74, 6) is 0.805. The van der Waals surface area contributed by atoms with Gasteiger partial charge in [0.15, 0.2) is 5.76 Å². The molecule has 0 radical (unpaired) electrons. The van der Waals surface area contributed by atoms with Gasteiger partial charge in [0.2, 0.25) is 0 Å². The third kappa shape index (κ3) is 4.08. The van der Waals surface area contributed by atoms with Gasteiger partial charge >= 0.3 is 0 Å². The number of hydrogen-bond donors (Lipinski definition) is 1. The molecular formula is C20H22N4O3. The Morgan fingerprint density at radius 3 is 2.48 bits per heavy atom. The molecule has 2 amide bonds. The van der Waals surface area contributed by atoms with E-state index in [4.69, 9.17) is 10.2 Å². The maximum atomic E-state index is 12.9. The average molecular weight is 366 g/mol. The molecule has 0 saturated heterocycles. The number of rotatable bonds is 7. The van der Waals surface area contributed by atoms with Crippen molar-refractivity contribution in [3.05, 3.63) is 65.9 Å². The molecule has 27 heavy (non-hydrogen) atoms. The summed E-state index contributed by atoms with van der Waals surface area (Å²) in [6, 6.07) is 10.3. The van der Waals surface area contributed by atoms with Gasteiger partial charge in [-0.3, -0.25) is 9.59 Å². The lowest BCUT2D eigenvalue weighted by Gasteiger charge is -2.22. The van der Waals surface area contributed by atoms with Crippen LogP contribution in [0.25, 0.3) is 11.3 Å². The lowest BCUT2D eigenvalue weighted by atomic mass is 10.1. The Morgan fingerprint density at radius 2 is 1.93 bits per heavy atom. The van der Waals surface area contributed by atoms with Gasteiger partial charge < -0.3 is 19.6 Å². The molecule has 0 aliphatic rings. The van der Waals surface area contributed by atoms with E-state index in [1.807, 2.05) is 24.7 Å². The van der Waals surface area contributed by atoms with Crippen LogP contribution in [-0.2, 0) is 13.6 Å². The fraction of sp³-hybridized carbons (Fsp3) is 0.250. The molecule has 0 unspecified atom stereocenters. The van der Waals surface area contributed by atoms with E-state index in [9.17, 15) is 9.59 Å². The summed E-state index contributed by atoms with van der Waals surface area (Å²) >= 11 is 0. The van der Waals surface area contributed by atoms with Crippen LogP contribution in [0, 0.1) is 0 Å². The zero-order chi connectivity index (χ0) is 19.4. The maximum absolute atomic E-state index is 12.9. The standard InChI is InChI=1S/C20H22N4O3/c1-3-11-24(13-18-22-10-12-23(18)2)20(26)15-6-4-14(5-7-15)16-8-9-17(27-16)19(21)25/h4-10,12H,3,11,13H2,1-2H3,(H2,21,25). The Hall–Kier alpha value is -3.35. The second-order valence-corrected chi connectivity index (χ2v) is 6.29. The highest BCUT2D eigenvalue weighted by atomic mass is 16.3. The molecule has 1 aromatic carbocycles. The number of aromatic nitrogens is 2. The number of aryl methyl sites for hydroxylation is 1. The molecule has 0 atom stereocenters. The number of carbonyl (C=O) groups excluding carboxylic acids is 2. The van der Waals surface area contributed by atoms with Crippen LogP contribution in [0.4, 0.5) is 0 Å². The van der Waals surface area contributed by atoms with Gasteiger partial charge in [-0.1, -0.05) is 19.1 Å². The third-order valence-electron chi connectivity index (χ3n) is 4.30. The Morgan fingerprint density at radius 1 is 1.19 bits per heavy atom. The van der Waals surface area contributed by atoms with Crippen LogP contribution in [0.5, 0.6) is 0 Å². The number of amides is 2. The van der Waals surface area contributed by atoms with Crippen molar-refractivity contribution in [1.82, 2.24) is 14.5 Å². The van der Waals surface area contributed by atoms with Gasteiger partial charge in [0, 0.05) is 37.1 Å². The van der Waals surface area contributed by atoms with Crippen molar-refractivity contribution >= 4 is 11.8 Å². The predicted molar refractivity (Wildman–Crippen MR) is 101 cm³/mol. The highest BCUT2D eigenvalue weighted by Crippen LogP contribution is 2.23. The molecule has 2 aromatic heterocycles. The van der Waals surface area contributed by atoms with Crippen LogP contribution in [0.3, 0.4) is 0 Å². The van der Waals surface area contributed by atoms with Gasteiger partial charge in [-0.15, -0.1) is 0 Å². The SMILES string of the molecule is CCCN(Cc1nccn1C)C(=O)c1ccc(-c2ccc(C(N)=O)o2)cc1. The van der Waals surface area contributed by atoms with E-state index in [1.54, 1.807) is 41.4 Å². The quantitative estimate of drug-likeness (QED) is 0.696. The fourth-order valence-corrected chi connectivity index (χ4v) is 2.83. The molecule has 140 valence electrons. The molecule has 0 bridgehead atoms. The lowest BCUT2D eigenvalue weighted by molar-refractivity contribution is 0.0737. The molecule has 0 spiro atoms. The first kappa shape index (κ1) is 18.4. The van der Waals surface area contributed by atoms with Crippen LogP contribution >= 0.6 is 0 Å². The minimum atomic E-state index is -0.613. The molecule has 0 fully saturated rings. The van der Waals surface area contributed by atoms with Gasteiger partial charge in [0.25, 0.3) is 11.8 Å². The molecule has 0 aliphatic carbocycles. The van der Waals surface area contributed by atoms with E-state index in [1.165, 1.54) is 6.07 Å². The van der Waals surface area contributed by atoms with Gasteiger partial charge in [0.05, 0.1) is 6.54 Å². The minimum absolute atomic E-state index is 0.0522. The van der Waals surface area contributed by atoms with Crippen LogP contribution in [0.1, 0.15) is 40.1 Å². The van der Waals surface area contributed by atoms with E-state index < -0.39 is 5.91 Å². The van der Waals surface area contributed by atoms with E-state index in [2.05, 4.69) is 4.98 Å². The Balaban J connectivity index is 1.78. The third-order valence-corrected chi connectivity index (χ3v) is 4.30. The van der Waals surface area contributed by atoms with Crippen molar-refractivity contribution < 1.29 is 14.0 Å². The smallest absolute Gasteiger partial charge is 0.284 e. The summed E-state index contributed by atoms with van der Waals surface area (Å²) in [4.78, 5) is 30.2. The fourth-order valence-electron chi connectivity index (χ4n) is 2.83. The van der Waals surface area contributed by atoms with Crippen molar-refractivity contribution in [3.8, 4) is 11.3 Å². The number of furan rings is 1. The molecule has 3 rings (SSSR count). The van der Waals surface area contributed by atoms with Gasteiger partial charge in [0.1, 0.15) is 11.6 Å². The highest BCUT2D eigenvalue weighted by molar-refractivity contribution is 5.94. The van der Waals surface area contributed by atoms with E-state index >= 15 is 0 Å². The number of nitrogens with zero attached hydrogens (tertiary/aromatic N) is 3. The van der Waals surface area contributed by atoms with Crippen molar-refractivity contribution in [3.63, 3.8) is 0 Å². The first-order valence-electron chi connectivity index (χ1n) is 8.75. The number of primary amides is 1. The van der Waals surface area contributed by atoms with E-state index in [-0.39, 0.29) is 11.7 Å². The van der Waals surface area contributed by atoms with Gasteiger partial charge in [-0.05, 0) is 30.7 Å². The van der Waals surface area contributed by atoms with E-state index in [0.717, 1.165) is 17.8 Å². The van der Waals surface area contributed by atoms with Gasteiger partial charge in [-0.2, -0.15) is 0 Å². The zero-order valence-electron chi connectivity index (χ0n) is 15.4. The van der Waals surface area contributed by atoms with Crippen LogP contribution in [-0.4, -0.2) is 32.8 Å². The Labute approximate surface area is 157 Å². The molecule has 7 nitrogen and oxygen atoms in total. The Kier molecular flexibility index (Phi) is 5.40. The van der Waals surface area contributed by atoms with E-state index in [0.29, 0.717) is 24.4 Å². The molecule has 2 heterocycles. The maximum Gasteiger partial charge on any atom is 0.284 e. The summed E-state index contributed by atoms with van der Waals surface area (Å²) in [7, 11) is 1.91. The normalized spacial score (nSPS) is 10.7. The first-order valence-corrected chi connectivity index (χ1v) is 8.75. The number of imidazole rings is 1. The largest absolute Gasteiger partial charge is 0.451 e. The molecule has 0 aliphatic heterocycles. The predicted octanol–water partition coefficient (Wildman–Crippen LogP) is 2.83. The summed E-state index contributed by atoms with van der Waals surface area (Å²) in [6.45, 7) is 3.14. The molecular weight excluding hydrogens is 344 g/mol. The second-order valence-electron chi connectivity index (χ2n) is 6.29. The zero-order valence-corrected chi connectivity index (χ0v) is 15.4. The molecule has 7 heteroatoms. The van der Waals surface area contributed by atoms with Crippen LogP contribution in [0.2, 0.25) is 0 Å². The molecule has 0 saturated carbocycles. The van der Waals surface area contributed by atoms with Gasteiger partial charge in [-0.25, -0.2) is 4.98 Å². The molecule has 3 aromatic rings. The Bertz CT molecular complexity index is 940. The van der Waals surface area contributed by atoms with Crippen molar-refractivity contribution in [2.24, 2.45) is 12.8 Å². The topological polar surface area (TPSA) is 94.4 Å². The lowest BCUT2D eigenvalue weighted by Crippen LogP contribution is -2.32. The second kappa shape index (κ2) is 7.90. The summed E-state index contributed by atoms with van der Waals surface area (Å²) in [5, 5.41) is 0. The number of hydrogen-bond acceptors (Lipinski definition) is 4. The van der Waals surface area contributed by atoms with Crippen LogP contribution < -0.4 is 5.73 Å².